The summed E-state index contributed by atoms with van der Waals surface area (Å²) < 4.78 is 0. The van der Waals surface area contributed by atoms with Gasteiger partial charge in [0.1, 0.15) is 11.4 Å². The first-order valence-corrected chi connectivity index (χ1v) is 9.05. The maximum Gasteiger partial charge on any atom is 0.281 e. The normalized spacial score (nSPS) is 17.5. The zero-order valence-corrected chi connectivity index (χ0v) is 15.3. The van der Waals surface area contributed by atoms with Gasteiger partial charge in [0.15, 0.2) is 0 Å². The summed E-state index contributed by atoms with van der Waals surface area (Å²) in [6, 6.07) is 13.7. The smallest absolute Gasteiger partial charge is 0.281 e. The Morgan fingerprint density at radius 1 is 0.778 bits per heavy atom. The van der Waals surface area contributed by atoms with Crippen molar-refractivity contribution in [1.29, 1.82) is 0 Å². The molecule has 4 rings (SSSR count). The highest BCUT2D eigenvalue weighted by Crippen LogP contribution is 2.27. The van der Waals surface area contributed by atoms with Crippen molar-refractivity contribution in [3.05, 3.63) is 65.3 Å². The van der Waals surface area contributed by atoms with Crippen molar-refractivity contribution >= 4 is 34.8 Å². The van der Waals surface area contributed by atoms with Crippen LogP contribution >= 0.6 is 11.6 Å². The molecule has 0 spiro atoms. The molecular formula is C20H18ClN3O3. The molecule has 2 aromatic rings. The van der Waals surface area contributed by atoms with Gasteiger partial charge in [-0.1, -0.05) is 11.6 Å². The first-order chi connectivity index (χ1) is 13.0. The van der Waals surface area contributed by atoms with Crippen LogP contribution in [0.5, 0.6) is 5.75 Å². The zero-order chi connectivity index (χ0) is 19.0. The van der Waals surface area contributed by atoms with Gasteiger partial charge in [-0.2, -0.15) is 0 Å². The predicted octanol–water partition coefficient (Wildman–Crippen LogP) is 2.62. The quantitative estimate of drug-likeness (QED) is 0.825. The van der Waals surface area contributed by atoms with Gasteiger partial charge in [-0.25, -0.2) is 4.90 Å². The lowest BCUT2D eigenvalue weighted by atomic mass is 10.2. The second-order valence-electron chi connectivity index (χ2n) is 6.48. The van der Waals surface area contributed by atoms with Gasteiger partial charge in [0.2, 0.25) is 0 Å². The molecule has 0 bridgehead atoms. The average Bonchev–Trinajstić information content (AvgIpc) is 2.98. The number of hydrogen-bond donors (Lipinski definition) is 1. The van der Waals surface area contributed by atoms with Crippen LogP contribution in [0.15, 0.2) is 60.3 Å². The van der Waals surface area contributed by atoms with E-state index in [1.807, 2.05) is 17.0 Å². The monoisotopic (exact) mass is 383 g/mol. The summed E-state index contributed by atoms with van der Waals surface area (Å²) in [5, 5.41) is 9.97. The van der Waals surface area contributed by atoms with Crippen molar-refractivity contribution in [1.82, 2.24) is 4.90 Å². The van der Waals surface area contributed by atoms with Crippen LogP contribution < -0.4 is 9.80 Å². The number of phenols is 1. The van der Waals surface area contributed by atoms with Crippen molar-refractivity contribution in [2.75, 3.05) is 36.0 Å². The van der Waals surface area contributed by atoms with E-state index in [0.29, 0.717) is 29.5 Å². The molecule has 1 fully saturated rings. The Balaban J connectivity index is 1.45. The third-order valence-electron chi connectivity index (χ3n) is 4.82. The van der Waals surface area contributed by atoms with Crippen molar-refractivity contribution in [3.8, 4) is 5.75 Å². The number of carbonyl (C=O) groups excluding carboxylic acids is 2. The van der Waals surface area contributed by atoms with E-state index in [2.05, 4.69) is 4.90 Å². The van der Waals surface area contributed by atoms with E-state index in [1.54, 1.807) is 36.4 Å². The van der Waals surface area contributed by atoms with Gasteiger partial charge in [-0.15, -0.1) is 0 Å². The van der Waals surface area contributed by atoms with Gasteiger partial charge in [0.05, 0.1) is 5.69 Å². The number of piperazine rings is 1. The highest BCUT2D eigenvalue weighted by atomic mass is 35.5. The van der Waals surface area contributed by atoms with E-state index in [4.69, 9.17) is 11.6 Å². The summed E-state index contributed by atoms with van der Waals surface area (Å²) in [4.78, 5) is 30.5. The Bertz CT molecular complexity index is 901. The number of halogens is 1. The molecule has 0 unspecified atom stereocenters. The summed E-state index contributed by atoms with van der Waals surface area (Å²) in [6.45, 7) is 2.73. The molecule has 27 heavy (non-hydrogen) atoms. The first-order valence-electron chi connectivity index (χ1n) is 8.67. The second-order valence-corrected chi connectivity index (χ2v) is 6.91. The third-order valence-corrected chi connectivity index (χ3v) is 5.07. The van der Waals surface area contributed by atoms with E-state index in [9.17, 15) is 14.7 Å². The average molecular weight is 384 g/mol. The summed E-state index contributed by atoms with van der Waals surface area (Å²) in [6.07, 6.45) is 1.41. The van der Waals surface area contributed by atoms with Gasteiger partial charge in [-0.05, 0) is 48.5 Å². The van der Waals surface area contributed by atoms with Crippen LogP contribution in [0.4, 0.5) is 11.4 Å². The third kappa shape index (κ3) is 3.36. The maximum absolute atomic E-state index is 12.8. The van der Waals surface area contributed by atoms with Crippen molar-refractivity contribution in [2.24, 2.45) is 0 Å². The number of aromatic hydroxyl groups is 1. The second kappa shape index (κ2) is 6.96. The molecule has 2 amide bonds. The Kier molecular flexibility index (Phi) is 4.49. The number of nitrogens with zero attached hydrogens (tertiary/aromatic N) is 3. The van der Waals surface area contributed by atoms with E-state index >= 15 is 0 Å². The molecule has 2 heterocycles. The lowest BCUT2D eigenvalue weighted by Gasteiger charge is -2.37. The molecule has 2 aliphatic rings. The lowest BCUT2D eigenvalue weighted by Crippen LogP contribution is -2.47. The van der Waals surface area contributed by atoms with Crippen LogP contribution in [-0.2, 0) is 9.59 Å². The molecule has 1 N–H and O–H groups in total. The molecule has 7 heteroatoms. The van der Waals surface area contributed by atoms with Gasteiger partial charge in [0.25, 0.3) is 11.8 Å². The maximum atomic E-state index is 12.8. The van der Waals surface area contributed by atoms with Gasteiger partial charge in [-0.3, -0.25) is 9.59 Å². The SMILES string of the molecule is O=C1C=C(N2CCN(c3ccc(O)cc3)CC2)C(=O)N1c1ccc(Cl)cc1. The number of phenolic OH excluding ortho intramolecular Hbond substituents is 1. The molecule has 2 aromatic carbocycles. The van der Waals surface area contributed by atoms with Crippen LogP contribution in [0.2, 0.25) is 5.02 Å². The van der Waals surface area contributed by atoms with Crippen molar-refractivity contribution in [3.63, 3.8) is 0 Å². The standard InChI is InChI=1S/C20H18ClN3O3/c21-14-1-3-16(4-2-14)24-19(26)13-18(20(24)27)23-11-9-22(10-12-23)15-5-7-17(25)8-6-15/h1-8,13,25H,9-12H2. The minimum absolute atomic E-state index is 0.236. The molecule has 0 radical (unpaired) electrons. The molecule has 1 saturated heterocycles. The number of amides is 2. The predicted molar refractivity (Wildman–Crippen MR) is 104 cm³/mol. The fourth-order valence-corrected chi connectivity index (χ4v) is 3.51. The number of benzene rings is 2. The Hall–Kier alpha value is -2.99. The van der Waals surface area contributed by atoms with Crippen molar-refractivity contribution < 1.29 is 14.7 Å². The molecule has 0 aliphatic carbocycles. The molecule has 0 aromatic heterocycles. The Labute approximate surface area is 161 Å². The van der Waals surface area contributed by atoms with E-state index in [1.165, 1.54) is 11.0 Å². The number of anilines is 2. The zero-order valence-electron chi connectivity index (χ0n) is 14.5. The molecule has 138 valence electrons. The minimum atomic E-state index is -0.335. The summed E-state index contributed by atoms with van der Waals surface area (Å²) in [5.41, 5.74) is 1.97. The molecule has 2 aliphatic heterocycles. The van der Waals surface area contributed by atoms with Gasteiger partial charge < -0.3 is 14.9 Å². The van der Waals surface area contributed by atoms with Crippen molar-refractivity contribution in [2.45, 2.75) is 0 Å². The van der Waals surface area contributed by atoms with Gasteiger partial charge in [0, 0.05) is 43.0 Å². The number of rotatable bonds is 3. The fraction of sp³-hybridized carbons (Fsp3) is 0.200. The van der Waals surface area contributed by atoms with Crippen LogP contribution in [0.25, 0.3) is 0 Å². The van der Waals surface area contributed by atoms with Crippen LogP contribution in [0, 0.1) is 0 Å². The molecule has 6 nitrogen and oxygen atoms in total. The largest absolute Gasteiger partial charge is 0.508 e. The fourth-order valence-electron chi connectivity index (χ4n) is 3.39. The summed E-state index contributed by atoms with van der Waals surface area (Å²) >= 11 is 5.89. The highest BCUT2D eigenvalue weighted by molar-refractivity contribution is 6.32. The van der Waals surface area contributed by atoms with Crippen LogP contribution in [0.3, 0.4) is 0 Å². The summed E-state index contributed by atoms with van der Waals surface area (Å²) in [5.74, 6) is -0.404. The van der Waals surface area contributed by atoms with Gasteiger partial charge >= 0.3 is 0 Å². The highest BCUT2D eigenvalue weighted by Gasteiger charge is 2.36. The Morgan fingerprint density at radius 2 is 1.33 bits per heavy atom. The number of carbonyl (C=O) groups is 2. The molecule has 0 atom stereocenters. The first kappa shape index (κ1) is 17.4. The molecular weight excluding hydrogens is 366 g/mol. The minimum Gasteiger partial charge on any atom is -0.508 e. The number of imide groups is 1. The van der Waals surface area contributed by atoms with Crippen LogP contribution in [-0.4, -0.2) is 48.0 Å². The Morgan fingerprint density at radius 3 is 1.96 bits per heavy atom. The van der Waals surface area contributed by atoms with E-state index < -0.39 is 0 Å². The summed E-state index contributed by atoms with van der Waals surface area (Å²) in [7, 11) is 0. The molecule has 0 saturated carbocycles. The van der Waals surface area contributed by atoms with Crippen LogP contribution in [0.1, 0.15) is 0 Å². The number of hydrogen-bond acceptors (Lipinski definition) is 5. The van der Waals surface area contributed by atoms with E-state index in [0.717, 1.165) is 18.8 Å². The van der Waals surface area contributed by atoms with E-state index in [-0.39, 0.29) is 17.6 Å². The topological polar surface area (TPSA) is 64.1 Å². The lowest BCUT2D eigenvalue weighted by molar-refractivity contribution is -0.121.